The van der Waals surface area contributed by atoms with E-state index >= 15 is 0 Å². The Morgan fingerprint density at radius 3 is 2.50 bits per heavy atom. The van der Waals surface area contributed by atoms with Gasteiger partial charge in [0.1, 0.15) is 23.9 Å². The highest BCUT2D eigenvalue weighted by molar-refractivity contribution is 5.85. The van der Waals surface area contributed by atoms with E-state index < -0.39 is 0 Å². The summed E-state index contributed by atoms with van der Waals surface area (Å²) in [5.41, 5.74) is 2.18. The van der Waals surface area contributed by atoms with Crippen LogP contribution in [0, 0.1) is 40.9 Å². The molecular weight excluding hydrogens is 250 g/mol. The van der Waals surface area contributed by atoms with Crippen molar-refractivity contribution >= 4 is 16.6 Å². The molecule has 20 heavy (non-hydrogen) atoms. The fraction of sp³-hybridized carbons (Fsp3) is 0.0667. The van der Waals surface area contributed by atoms with E-state index in [0.29, 0.717) is 5.69 Å². The molecular formula is C15H9N5. The highest BCUT2D eigenvalue weighted by atomic mass is 14.9. The molecule has 1 aromatic heterocycles. The summed E-state index contributed by atoms with van der Waals surface area (Å²) in [6, 6.07) is 12.5. The van der Waals surface area contributed by atoms with Gasteiger partial charge in [0, 0.05) is 17.3 Å². The predicted octanol–water partition coefficient (Wildman–Crippen LogP) is 2.78. The molecule has 0 atom stereocenters. The number of aromatic nitrogens is 1. The monoisotopic (exact) mass is 259 g/mol. The first-order valence-electron chi connectivity index (χ1n) is 5.76. The molecule has 2 rings (SSSR count). The zero-order valence-corrected chi connectivity index (χ0v) is 10.7. The molecule has 0 unspecified atom stereocenters. The van der Waals surface area contributed by atoms with Crippen molar-refractivity contribution in [3.8, 4) is 18.2 Å². The minimum absolute atomic E-state index is 0.0676. The van der Waals surface area contributed by atoms with Crippen LogP contribution in [0.1, 0.15) is 5.56 Å². The molecule has 1 aromatic carbocycles. The van der Waals surface area contributed by atoms with Gasteiger partial charge in [-0.1, -0.05) is 6.07 Å². The van der Waals surface area contributed by atoms with Crippen LogP contribution in [0.4, 0.5) is 5.69 Å². The van der Waals surface area contributed by atoms with Crippen LogP contribution in [-0.2, 0) is 0 Å². The second kappa shape index (κ2) is 5.52. The summed E-state index contributed by atoms with van der Waals surface area (Å²) in [6.07, 6.45) is 1.71. The van der Waals surface area contributed by atoms with Crippen molar-refractivity contribution in [2.24, 2.45) is 0 Å². The lowest BCUT2D eigenvalue weighted by atomic mass is 10.1. The molecule has 2 aromatic rings. The van der Waals surface area contributed by atoms with Crippen LogP contribution in [0.25, 0.3) is 10.9 Å². The third-order valence-corrected chi connectivity index (χ3v) is 2.82. The number of allylic oxidation sites excluding steroid dienone is 2. The molecule has 0 saturated heterocycles. The fourth-order valence-electron chi connectivity index (χ4n) is 1.80. The van der Waals surface area contributed by atoms with Crippen LogP contribution >= 0.6 is 0 Å². The Balaban J connectivity index is 2.47. The van der Waals surface area contributed by atoms with Crippen molar-refractivity contribution < 1.29 is 0 Å². The molecule has 5 heteroatoms. The van der Waals surface area contributed by atoms with Crippen molar-refractivity contribution in [1.29, 1.82) is 15.8 Å². The Morgan fingerprint density at radius 1 is 1.10 bits per heavy atom. The zero-order chi connectivity index (χ0) is 14.5. The molecule has 0 amide bonds. The molecule has 0 aliphatic rings. The lowest BCUT2D eigenvalue weighted by Crippen LogP contribution is -2.00. The van der Waals surface area contributed by atoms with Gasteiger partial charge in [-0.05, 0) is 30.7 Å². The van der Waals surface area contributed by atoms with E-state index in [1.54, 1.807) is 30.5 Å². The molecule has 0 fully saturated rings. The van der Waals surface area contributed by atoms with Gasteiger partial charge in [0.2, 0.25) is 0 Å². The molecule has 5 nitrogen and oxygen atoms in total. The summed E-state index contributed by atoms with van der Waals surface area (Å²) in [5.74, 6) is 0. The number of fused-ring (bicyclic) bond motifs is 1. The number of aryl methyl sites for hydroxylation is 1. The van der Waals surface area contributed by atoms with Gasteiger partial charge in [-0.15, -0.1) is 0 Å². The van der Waals surface area contributed by atoms with Gasteiger partial charge in [-0.3, -0.25) is 4.98 Å². The maximum absolute atomic E-state index is 8.99. The number of benzene rings is 1. The number of anilines is 1. The Morgan fingerprint density at radius 2 is 1.85 bits per heavy atom. The van der Waals surface area contributed by atoms with Gasteiger partial charge in [-0.2, -0.15) is 15.8 Å². The third-order valence-electron chi connectivity index (χ3n) is 2.82. The van der Waals surface area contributed by atoms with Gasteiger partial charge in [0.05, 0.1) is 5.52 Å². The topological polar surface area (TPSA) is 96.3 Å². The second-order valence-electron chi connectivity index (χ2n) is 4.07. The Hall–Kier alpha value is -3.36. The standard InChI is InChI=1S/C15H9N5/c1-10-4-5-19-14-6-12(2-3-13(10)14)20-15(9-18)11(7-16)8-17/h2-6,20H,1H3. The Bertz CT molecular complexity index is 812. The first-order chi connectivity index (χ1) is 9.69. The smallest absolute Gasteiger partial charge is 0.163 e. The van der Waals surface area contributed by atoms with Crippen LogP contribution in [0.5, 0.6) is 0 Å². The van der Waals surface area contributed by atoms with Gasteiger partial charge < -0.3 is 5.32 Å². The molecule has 1 N–H and O–H groups in total. The van der Waals surface area contributed by atoms with E-state index in [1.165, 1.54) is 0 Å². The Kier molecular flexibility index (Phi) is 3.61. The van der Waals surface area contributed by atoms with Crippen molar-refractivity contribution in [3.05, 3.63) is 47.3 Å². The molecule has 0 bridgehead atoms. The summed E-state index contributed by atoms with van der Waals surface area (Å²) in [6.45, 7) is 1.99. The predicted molar refractivity (Wildman–Crippen MR) is 74.0 cm³/mol. The number of nitrogens with one attached hydrogen (secondary N) is 1. The number of nitriles is 3. The van der Waals surface area contributed by atoms with Crippen LogP contribution in [0.3, 0.4) is 0 Å². The number of hydrogen-bond donors (Lipinski definition) is 1. The highest BCUT2D eigenvalue weighted by Crippen LogP contribution is 2.21. The molecule has 94 valence electrons. The average molecular weight is 259 g/mol. The van der Waals surface area contributed by atoms with Crippen molar-refractivity contribution in [3.63, 3.8) is 0 Å². The normalized spacial score (nSPS) is 9.10. The second-order valence-corrected chi connectivity index (χ2v) is 4.07. The number of nitrogens with zero attached hydrogens (tertiary/aromatic N) is 4. The zero-order valence-electron chi connectivity index (χ0n) is 10.7. The van der Waals surface area contributed by atoms with Gasteiger partial charge in [-0.25, -0.2) is 0 Å². The van der Waals surface area contributed by atoms with E-state index in [9.17, 15) is 0 Å². The molecule has 0 aliphatic heterocycles. The minimum atomic E-state index is -0.246. The lowest BCUT2D eigenvalue weighted by molar-refractivity contribution is 1.35. The van der Waals surface area contributed by atoms with Crippen LogP contribution in [0.2, 0.25) is 0 Å². The van der Waals surface area contributed by atoms with E-state index in [2.05, 4.69) is 10.3 Å². The van der Waals surface area contributed by atoms with E-state index in [4.69, 9.17) is 15.8 Å². The quantitative estimate of drug-likeness (QED) is 0.836. The fourth-order valence-corrected chi connectivity index (χ4v) is 1.80. The van der Waals surface area contributed by atoms with Crippen molar-refractivity contribution in [2.45, 2.75) is 6.92 Å². The van der Waals surface area contributed by atoms with Crippen LogP contribution in [-0.4, -0.2) is 4.98 Å². The molecule has 1 heterocycles. The summed E-state index contributed by atoms with van der Waals surface area (Å²) in [5, 5.41) is 30.3. The number of hydrogen-bond acceptors (Lipinski definition) is 5. The van der Waals surface area contributed by atoms with Gasteiger partial charge >= 0.3 is 0 Å². The minimum Gasteiger partial charge on any atom is -0.345 e. The van der Waals surface area contributed by atoms with Gasteiger partial charge in [0.15, 0.2) is 5.57 Å². The lowest BCUT2D eigenvalue weighted by Gasteiger charge is -2.07. The third kappa shape index (κ3) is 2.41. The first kappa shape index (κ1) is 13.1. The number of rotatable bonds is 2. The molecule has 0 radical (unpaired) electrons. The summed E-state index contributed by atoms with van der Waals surface area (Å²) in [4.78, 5) is 4.25. The molecule has 0 spiro atoms. The van der Waals surface area contributed by atoms with E-state index in [1.807, 2.05) is 25.1 Å². The van der Waals surface area contributed by atoms with Crippen molar-refractivity contribution in [2.75, 3.05) is 5.32 Å². The summed E-state index contributed by atoms with van der Waals surface area (Å²) < 4.78 is 0. The first-order valence-corrected chi connectivity index (χ1v) is 5.76. The largest absolute Gasteiger partial charge is 0.345 e. The summed E-state index contributed by atoms with van der Waals surface area (Å²) >= 11 is 0. The number of pyridine rings is 1. The van der Waals surface area contributed by atoms with Crippen LogP contribution in [0.15, 0.2) is 41.7 Å². The average Bonchev–Trinajstić information content (AvgIpc) is 2.47. The van der Waals surface area contributed by atoms with Crippen LogP contribution < -0.4 is 5.32 Å². The van der Waals surface area contributed by atoms with E-state index in [0.717, 1.165) is 16.5 Å². The van der Waals surface area contributed by atoms with Crippen molar-refractivity contribution in [1.82, 2.24) is 4.98 Å². The Labute approximate surface area is 116 Å². The summed E-state index contributed by atoms with van der Waals surface area (Å²) in [7, 11) is 0. The molecule has 0 saturated carbocycles. The highest BCUT2D eigenvalue weighted by Gasteiger charge is 2.07. The van der Waals surface area contributed by atoms with E-state index in [-0.39, 0.29) is 11.3 Å². The SMILES string of the molecule is Cc1ccnc2cc(NC(C#N)=C(C#N)C#N)ccc12. The molecule has 0 aliphatic carbocycles. The van der Waals surface area contributed by atoms with Gasteiger partial charge in [0.25, 0.3) is 0 Å². The maximum atomic E-state index is 8.99. The maximum Gasteiger partial charge on any atom is 0.163 e.